The van der Waals surface area contributed by atoms with Crippen molar-refractivity contribution in [1.82, 2.24) is 4.98 Å². The standard InChI is InChI=1S/C13H21N3/c1-10-7-11(14)8-15-12(10)16-6-4-5-13(2,3)9-16/h7-8H,4-6,9,14H2,1-3H3. The molecule has 3 nitrogen and oxygen atoms in total. The molecule has 0 spiro atoms. The van der Waals surface area contributed by atoms with Crippen LogP contribution < -0.4 is 10.6 Å². The fourth-order valence-corrected chi connectivity index (χ4v) is 2.52. The van der Waals surface area contributed by atoms with Gasteiger partial charge in [-0.15, -0.1) is 0 Å². The molecule has 0 amide bonds. The Labute approximate surface area is 97.7 Å². The SMILES string of the molecule is Cc1cc(N)cnc1N1CCCC(C)(C)C1. The number of rotatable bonds is 1. The molecule has 1 aromatic rings. The number of aromatic nitrogens is 1. The van der Waals surface area contributed by atoms with E-state index in [1.165, 1.54) is 18.4 Å². The van der Waals surface area contributed by atoms with Gasteiger partial charge in [-0.2, -0.15) is 0 Å². The molecule has 1 aromatic heterocycles. The van der Waals surface area contributed by atoms with E-state index in [9.17, 15) is 0 Å². The lowest BCUT2D eigenvalue weighted by Crippen LogP contribution is -2.40. The highest BCUT2D eigenvalue weighted by atomic mass is 15.2. The number of pyridine rings is 1. The molecule has 1 aliphatic heterocycles. The topological polar surface area (TPSA) is 42.1 Å². The average molecular weight is 219 g/mol. The van der Waals surface area contributed by atoms with E-state index < -0.39 is 0 Å². The van der Waals surface area contributed by atoms with E-state index in [1.807, 2.05) is 6.07 Å². The molecule has 2 N–H and O–H groups in total. The predicted octanol–water partition coefficient (Wildman–Crippen LogP) is 2.60. The zero-order valence-electron chi connectivity index (χ0n) is 10.5. The molecule has 16 heavy (non-hydrogen) atoms. The van der Waals surface area contributed by atoms with Crippen molar-refractivity contribution in [2.75, 3.05) is 23.7 Å². The highest BCUT2D eigenvalue weighted by Gasteiger charge is 2.27. The number of hydrogen-bond acceptors (Lipinski definition) is 3. The van der Waals surface area contributed by atoms with Gasteiger partial charge in [0.2, 0.25) is 0 Å². The summed E-state index contributed by atoms with van der Waals surface area (Å²) in [5, 5.41) is 0. The van der Waals surface area contributed by atoms with E-state index in [-0.39, 0.29) is 0 Å². The van der Waals surface area contributed by atoms with Crippen LogP contribution in [0.25, 0.3) is 0 Å². The van der Waals surface area contributed by atoms with Crippen molar-refractivity contribution >= 4 is 11.5 Å². The maximum absolute atomic E-state index is 5.73. The molecule has 0 aliphatic carbocycles. The van der Waals surface area contributed by atoms with Gasteiger partial charge in [0.1, 0.15) is 5.82 Å². The number of piperidine rings is 1. The Morgan fingerprint density at radius 1 is 1.44 bits per heavy atom. The Bertz CT molecular complexity index is 385. The third-order valence-corrected chi connectivity index (χ3v) is 3.27. The van der Waals surface area contributed by atoms with Crippen LogP contribution in [0, 0.1) is 12.3 Å². The third kappa shape index (κ3) is 2.29. The Balaban J connectivity index is 2.23. The van der Waals surface area contributed by atoms with E-state index in [0.29, 0.717) is 5.41 Å². The highest BCUT2D eigenvalue weighted by Crippen LogP contribution is 2.32. The van der Waals surface area contributed by atoms with Crippen molar-refractivity contribution in [3.63, 3.8) is 0 Å². The summed E-state index contributed by atoms with van der Waals surface area (Å²) in [5.74, 6) is 1.10. The van der Waals surface area contributed by atoms with Crippen LogP contribution in [0.1, 0.15) is 32.3 Å². The molecule has 1 fully saturated rings. The lowest BCUT2D eigenvalue weighted by Gasteiger charge is -2.39. The largest absolute Gasteiger partial charge is 0.397 e. The van der Waals surface area contributed by atoms with E-state index in [0.717, 1.165) is 24.6 Å². The lowest BCUT2D eigenvalue weighted by atomic mass is 9.84. The number of nitrogens with zero attached hydrogens (tertiary/aromatic N) is 2. The van der Waals surface area contributed by atoms with Gasteiger partial charge >= 0.3 is 0 Å². The minimum Gasteiger partial charge on any atom is -0.397 e. The Hall–Kier alpha value is -1.25. The molecule has 0 radical (unpaired) electrons. The fourth-order valence-electron chi connectivity index (χ4n) is 2.52. The highest BCUT2D eigenvalue weighted by molar-refractivity contribution is 5.53. The first-order valence-corrected chi connectivity index (χ1v) is 5.95. The van der Waals surface area contributed by atoms with Gasteiger partial charge in [-0.05, 0) is 36.8 Å². The summed E-state index contributed by atoms with van der Waals surface area (Å²) in [6, 6.07) is 2.00. The number of anilines is 2. The molecule has 2 rings (SSSR count). The van der Waals surface area contributed by atoms with Crippen molar-refractivity contribution in [3.05, 3.63) is 17.8 Å². The second-order valence-corrected chi connectivity index (χ2v) is 5.60. The van der Waals surface area contributed by atoms with Gasteiger partial charge in [0, 0.05) is 13.1 Å². The zero-order chi connectivity index (χ0) is 11.8. The second-order valence-electron chi connectivity index (χ2n) is 5.60. The summed E-state index contributed by atoms with van der Waals surface area (Å²) < 4.78 is 0. The first-order valence-electron chi connectivity index (χ1n) is 5.95. The maximum atomic E-state index is 5.73. The molecular formula is C13H21N3. The second kappa shape index (κ2) is 3.96. The van der Waals surface area contributed by atoms with Crippen LogP contribution in [0.2, 0.25) is 0 Å². The average Bonchev–Trinajstić information content (AvgIpc) is 2.15. The van der Waals surface area contributed by atoms with Crippen molar-refractivity contribution in [3.8, 4) is 0 Å². The number of nitrogens with two attached hydrogens (primary N) is 1. The van der Waals surface area contributed by atoms with Gasteiger partial charge in [-0.25, -0.2) is 4.98 Å². The molecule has 2 heterocycles. The first kappa shape index (κ1) is 11.2. The van der Waals surface area contributed by atoms with E-state index >= 15 is 0 Å². The quantitative estimate of drug-likeness (QED) is 0.789. The first-order chi connectivity index (χ1) is 7.48. The van der Waals surface area contributed by atoms with Crippen molar-refractivity contribution < 1.29 is 0 Å². The van der Waals surface area contributed by atoms with Crippen LogP contribution >= 0.6 is 0 Å². The molecular weight excluding hydrogens is 198 g/mol. The van der Waals surface area contributed by atoms with Gasteiger partial charge in [0.05, 0.1) is 11.9 Å². The molecule has 3 heteroatoms. The summed E-state index contributed by atoms with van der Waals surface area (Å²) in [6.07, 6.45) is 4.31. The fraction of sp³-hybridized carbons (Fsp3) is 0.615. The third-order valence-electron chi connectivity index (χ3n) is 3.27. The van der Waals surface area contributed by atoms with E-state index in [4.69, 9.17) is 5.73 Å². The smallest absolute Gasteiger partial charge is 0.131 e. The summed E-state index contributed by atoms with van der Waals surface area (Å²) in [5.41, 5.74) is 8.05. The minimum absolute atomic E-state index is 0.397. The van der Waals surface area contributed by atoms with Crippen LogP contribution in [0.3, 0.4) is 0 Å². The molecule has 0 saturated carbocycles. The monoisotopic (exact) mass is 219 g/mol. The summed E-state index contributed by atoms with van der Waals surface area (Å²) >= 11 is 0. The Morgan fingerprint density at radius 3 is 2.81 bits per heavy atom. The summed E-state index contributed by atoms with van der Waals surface area (Å²) in [6.45, 7) is 8.93. The van der Waals surface area contributed by atoms with Gasteiger partial charge < -0.3 is 10.6 Å². The maximum Gasteiger partial charge on any atom is 0.131 e. The molecule has 88 valence electrons. The molecule has 0 atom stereocenters. The number of nitrogen functional groups attached to an aromatic ring is 1. The zero-order valence-corrected chi connectivity index (χ0v) is 10.5. The predicted molar refractivity (Wildman–Crippen MR) is 68.6 cm³/mol. The number of hydrogen-bond donors (Lipinski definition) is 1. The van der Waals surface area contributed by atoms with E-state index in [2.05, 4.69) is 30.7 Å². The van der Waals surface area contributed by atoms with Crippen molar-refractivity contribution in [2.45, 2.75) is 33.6 Å². The normalized spacial score (nSPS) is 19.8. The Morgan fingerprint density at radius 2 is 2.19 bits per heavy atom. The van der Waals surface area contributed by atoms with Crippen LogP contribution in [0.15, 0.2) is 12.3 Å². The molecule has 1 aliphatic rings. The molecule has 0 unspecified atom stereocenters. The number of aryl methyl sites for hydroxylation is 1. The van der Waals surface area contributed by atoms with Gasteiger partial charge in [-0.1, -0.05) is 13.8 Å². The lowest BCUT2D eigenvalue weighted by molar-refractivity contribution is 0.292. The van der Waals surface area contributed by atoms with Crippen molar-refractivity contribution in [2.24, 2.45) is 5.41 Å². The Kier molecular flexibility index (Phi) is 2.78. The van der Waals surface area contributed by atoms with Crippen LogP contribution in [-0.4, -0.2) is 18.1 Å². The van der Waals surface area contributed by atoms with Gasteiger partial charge in [0.15, 0.2) is 0 Å². The van der Waals surface area contributed by atoms with Crippen LogP contribution in [0.4, 0.5) is 11.5 Å². The summed E-state index contributed by atoms with van der Waals surface area (Å²) in [4.78, 5) is 6.86. The van der Waals surface area contributed by atoms with Gasteiger partial charge in [-0.3, -0.25) is 0 Å². The minimum atomic E-state index is 0.397. The van der Waals surface area contributed by atoms with E-state index in [1.54, 1.807) is 6.20 Å². The van der Waals surface area contributed by atoms with Gasteiger partial charge in [0.25, 0.3) is 0 Å². The van der Waals surface area contributed by atoms with Crippen molar-refractivity contribution in [1.29, 1.82) is 0 Å². The van der Waals surface area contributed by atoms with Crippen LogP contribution in [-0.2, 0) is 0 Å². The summed E-state index contributed by atoms with van der Waals surface area (Å²) in [7, 11) is 0. The molecule has 0 aromatic carbocycles. The van der Waals surface area contributed by atoms with Crippen LogP contribution in [0.5, 0.6) is 0 Å². The molecule has 0 bridgehead atoms. The molecule has 1 saturated heterocycles.